The summed E-state index contributed by atoms with van der Waals surface area (Å²) >= 11 is 0. The van der Waals surface area contributed by atoms with Gasteiger partial charge < -0.3 is 4.90 Å². The summed E-state index contributed by atoms with van der Waals surface area (Å²) in [6.45, 7) is -2.90. The predicted octanol–water partition coefficient (Wildman–Crippen LogP) is 2.13. The highest BCUT2D eigenvalue weighted by Crippen LogP contribution is 2.32. The summed E-state index contributed by atoms with van der Waals surface area (Å²) in [5.74, 6) is 0. The minimum absolute atomic E-state index is 0.0200. The van der Waals surface area contributed by atoms with Crippen LogP contribution in [0.25, 0.3) is 11.1 Å². The van der Waals surface area contributed by atoms with Crippen molar-refractivity contribution in [3.05, 3.63) is 40.7 Å². The summed E-state index contributed by atoms with van der Waals surface area (Å²) in [6.07, 6.45) is 3.00. The monoisotopic (exact) mass is 373 g/mol. The summed E-state index contributed by atoms with van der Waals surface area (Å²) in [6, 6.07) is 3.06. The van der Waals surface area contributed by atoms with E-state index in [1.54, 1.807) is 14.1 Å². The van der Waals surface area contributed by atoms with Gasteiger partial charge in [-0.3, -0.25) is 10.1 Å². The highest BCUT2D eigenvalue weighted by molar-refractivity contribution is 7.90. The van der Waals surface area contributed by atoms with E-state index in [2.05, 4.69) is 9.50 Å². The maximum atomic E-state index is 12.7. The lowest BCUT2D eigenvalue weighted by Gasteiger charge is -2.07. The third-order valence-corrected chi connectivity index (χ3v) is 4.25. The summed E-state index contributed by atoms with van der Waals surface area (Å²) in [7, 11) is -1.22. The van der Waals surface area contributed by atoms with E-state index >= 15 is 0 Å². The molecule has 2 rings (SSSR count). The van der Waals surface area contributed by atoms with Gasteiger partial charge >= 0.3 is 6.55 Å². The van der Waals surface area contributed by atoms with E-state index in [1.165, 1.54) is 4.90 Å². The molecule has 0 saturated heterocycles. The van der Waals surface area contributed by atoms with Gasteiger partial charge in [0.1, 0.15) is 11.2 Å². The molecule has 0 aliphatic rings. The van der Waals surface area contributed by atoms with Gasteiger partial charge in [-0.25, -0.2) is 4.68 Å². The Morgan fingerprint density at radius 1 is 1.40 bits per heavy atom. The Labute approximate surface area is 141 Å². The zero-order chi connectivity index (χ0) is 18.8. The van der Waals surface area contributed by atoms with Gasteiger partial charge in [-0.1, -0.05) is 0 Å². The zero-order valence-corrected chi connectivity index (χ0v) is 13.9. The second kappa shape index (κ2) is 6.93. The Morgan fingerprint density at radius 3 is 2.60 bits per heavy atom. The molecule has 0 fully saturated rings. The first-order chi connectivity index (χ1) is 11.6. The number of sulfonamides is 1. The normalized spacial score (nSPS) is 12.0. The van der Waals surface area contributed by atoms with E-state index in [0.29, 0.717) is 4.68 Å². The maximum absolute atomic E-state index is 12.7. The van der Waals surface area contributed by atoms with Crippen molar-refractivity contribution in [2.45, 2.75) is 11.4 Å². The molecule has 0 saturated carbocycles. The maximum Gasteiger partial charge on any atom is 0.333 e. The largest absolute Gasteiger partial charge is 0.368 e. The third-order valence-electron chi connectivity index (χ3n) is 2.98. The molecule has 1 aromatic heterocycles. The molecule has 0 amide bonds. The van der Waals surface area contributed by atoms with Crippen LogP contribution in [0.5, 0.6) is 0 Å². The topological polar surface area (TPSA) is 111 Å². The fourth-order valence-corrected chi connectivity index (χ4v) is 3.03. The molecular formula is C13H13F2N5O4S. The molecule has 0 N–H and O–H groups in total. The molecule has 0 aliphatic carbocycles. The second-order valence-electron chi connectivity index (χ2n) is 5.08. The number of rotatable bonds is 6. The number of hydrogen-bond donors (Lipinski definition) is 0. The fraction of sp³-hybridized carbons (Fsp3) is 0.231. The van der Waals surface area contributed by atoms with Gasteiger partial charge in [-0.15, -0.1) is 4.40 Å². The Hall–Kier alpha value is -2.89. The van der Waals surface area contributed by atoms with Crippen molar-refractivity contribution in [1.29, 1.82) is 0 Å². The SMILES string of the molecule is CN(C)/C=N/S(=O)(=O)c1cc([N+](=O)[O-])ccc1-c1cnn(C(F)F)c1. The average Bonchev–Trinajstić information content (AvgIpc) is 3.02. The fourth-order valence-electron chi connectivity index (χ4n) is 1.87. The van der Waals surface area contributed by atoms with Gasteiger partial charge in [0, 0.05) is 43.6 Å². The molecule has 0 bridgehead atoms. The van der Waals surface area contributed by atoms with Crippen LogP contribution in [0.4, 0.5) is 14.5 Å². The van der Waals surface area contributed by atoms with E-state index in [1.807, 2.05) is 0 Å². The van der Waals surface area contributed by atoms with Crippen LogP contribution in [-0.4, -0.2) is 48.5 Å². The van der Waals surface area contributed by atoms with E-state index < -0.39 is 32.1 Å². The van der Waals surface area contributed by atoms with Crippen molar-refractivity contribution in [1.82, 2.24) is 14.7 Å². The van der Waals surface area contributed by atoms with E-state index in [0.717, 1.165) is 36.9 Å². The summed E-state index contributed by atoms with van der Waals surface area (Å²) in [4.78, 5) is 11.1. The number of alkyl halides is 2. The number of benzene rings is 1. The van der Waals surface area contributed by atoms with Crippen LogP contribution in [0.15, 0.2) is 39.9 Å². The Bertz CT molecular complexity index is 924. The first kappa shape index (κ1) is 18.4. The lowest BCUT2D eigenvalue weighted by molar-refractivity contribution is -0.385. The van der Waals surface area contributed by atoms with Crippen LogP contribution in [0.2, 0.25) is 0 Å². The molecular weight excluding hydrogens is 360 g/mol. The average molecular weight is 373 g/mol. The summed E-state index contributed by atoms with van der Waals surface area (Å²) < 4.78 is 54.0. The molecule has 0 aliphatic heterocycles. The van der Waals surface area contributed by atoms with Crippen LogP contribution in [0, 0.1) is 10.1 Å². The van der Waals surface area contributed by atoms with Gasteiger partial charge in [-0.2, -0.15) is 22.3 Å². The number of non-ortho nitro benzene ring substituents is 1. The highest BCUT2D eigenvalue weighted by Gasteiger charge is 2.23. The molecule has 0 radical (unpaired) electrons. The van der Waals surface area contributed by atoms with Gasteiger partial charge in [0.05, 0.1) is 11.1 Å². The van der Waals surface area contributed by atoms with Crippen LogP contribution >= 0.6 is 0 Å². The first-order valence-electron chi connectivity index (χ1n) is 6.70. The molecule has 134 valence electrons. The smallest absolute Gasteiger partial charge is 0.333 e. The van der Waals surface area contributed by atoms with Crippen molar-refractivity contribution in [2.75, 3.05) is 14.1 Å². The summed E-state index contributed by atoms with van der Waals surface area (Å²) in [5.41, 5.74) is -0.425. The standard InChI is InChI=1S/C13H13F2N5O4S/c1-18(2)8-17-25(23,24)12-5-10(20(21)22)3-4-11(12)9-6-16-19(7-9)13(14)15/h3-8,13H,1-2H3/b17-8+. The van der Waals surface area contributed by atoms with Gasteiger partial charge in [0.25, 0.3) is 15.7 Å². The Morgan fingerprint density at radius 2 is 2.08 bits per heavy atom. The quantitative estimate of drug-likeness (QED) is 0.332. The predicted molar refractivity (Wildman–Crippen MR) is 84.9 cm³/mol. The van der Waals surface area contributed by atoms with Crippen molar-refractivity contribution in [3.63, 3.8) is 0 Å². The number of halogens is 2. The molecule has 2 aromatic rings. The molecule has 9 nitrogen and oxygen atoms in total. The van der Waals surface area contributed by atoms with Crippen molar-refractivity contribution < 1.29 is 22.1 Å². The number of nitrogens with zero attached hydrogens (tertiary/aromatic N) is 5. The minimum Gasteiger partial charge on any atom is -0.368 e. The van der Waals surface area contributed by atoms with Gasteiger partial charge in [0.2, 0.25) is 0 Å². The van der Waals surface area contributed by atoms with E-state index in [-0.39, 0.29) is 11.1 Å². The van der Waals surface area contributed by atoms with E-state index in [4.69, 9.17) is 0 Å². The van der Waals surface area contributed by atoms with Crippen LogP contribution in [0.3, 0.4) is 0 Å². The molecule has 12 heteroatoms. The molecule has 0 atom stereocenters. The summed E-state index contributed by atoms with van der Waals surface area (Å²) in [5, 5.41) is 14.4. The lowest BCUT2D eigenvalue weighted by atomic mass is 10.1. The number of aromatic nitrogens is 2. The minimum atomic E-state index is -4.30. The Kier molecular flexibility index (Phi) is 5.11. The van der Waals surface area contributed by atoms with Gasteiger partial charge in [0.15, 0.2) is 0 Å². The highest BCUT2D eigenvalue weighted by atomic mass is 32.2. The third kappa shape index (κ3) is 4.15. The van der Waals surface area contributed by atoms with Gasteiger partial charge in [-0.05, 0) is 6.07 Å². The van der Waals surface area contributed by atoms with Crippen LogP contribution in [-0.2, 0) is 10.0 Å². The lowest BCUT2D eigenvalue weighted by Crippen LogP contribution is -2.10. The van der Waals surface area contributed by atoms with Crippen LogP contribution < -0.4 is 0 Å². The second-order valence-corrected chi connectivity index (χ2v) is 6.68. The molecule has 0 unspecified atom stereocenters. The number of nitro benzene ring substituents is 1. The molecule has 1 heterocycles. The molecule has 25 heavy (non-hydrogen) atoms. The molecule has 1 aromatic carbocycles. The Balaban J connectivity index is 2.65. The first-order valence-corrected chi connectivity index (χ1v) is 8.14. The van der Waals surface area contributed by atoms with Crippen molar-refractivity contribution in [3.8, 4) is 11.1 Å². The van der Waals surface area contributed by atoms with Crippen LogP contribution in [0.1, 0.15) is 6.55 Å². The number of nitro groups is 1. The number of hydrogen-bond acceptors (Lipinski definition) is 5. The van der Waals surface area contributed by atoms with E-state index in [9.17, 15) is 27.3 Å². The van der Waals surface area contributed by atoms with Crippen molar-refractivity contribution in [2.24, 2.45) is 4.40 Å². The zero-order valence-electron chi connectivity index (χ0n) is 13.1. The van der Waals surface area contributed by atoms with Crippen molar-refractivity contribution >= 4 is 22.0 Å². The molecule has 0 spiro atoms.